The number of para-hydroxylation sites is 2. The normalized spacial score (nSPS) is 21.9. The number of nitrogens with zero attached hydrogens (tertiary/aromatic N) is 13. The van der Waals surface area contributed by atoms with Gasteiger partial charge in [-0.2, -0.15) is 0 Å². The summed E-state index contributed by atoms with van der Waals surface area (Å²) in [6, 6.07) is 29.4. The minimum Gasteiger partial charge on any atom is -0.444 e. The maximum atomic E-state index is 13.1. The van der Waals surface area contributed by atoms with E-state index in [1.54, 1.807) is 29.4 Å². The average molecular weight is 1130 g/mol. The minimum atomic E-state index is -0.508. The SMILES string of the molecule is CC(C)(C)OC(=O)NC1CC(n2c(=O)n(C3CC3)c3cccnc32)C1.Clc1ncc2ccccc2n1.NC1CC(n2c(=O)n(C3CC3)c3cccnc32)C1.O=c1n(C2CC2)c2cccnc2n1C1CC(Nc2ncc3ccccc3n2)C1. The van der Waals surface area contributed by atoms with E-state index in [1.807, 2.05) is 135 Å². The lowest BCUT2D eigenvalue weighted by atomic mass is 9.86. The van der Waals surface area contributed by atoms with E-state index in [1.165, 1.54) is 0 Å². The number of nitrogens with one attached hydrogen (secondary N) is 2. The summed E-state index contributed by atoms with van der Waals surface area (Å²) in [6.07, 6.45) is 19.9. The first-order valence-corrected chi connectivity index (χ1v) is 28.9. The van der Waals surface area contributed by atoms with Crippen LogP contribution in [0.1, 0.15) is 134 Å². The number of hydrogen-bond acceptors (Lipinski definition) is 14. The highest BCUT2D eigenvalue weighted by molar-refractivity contribution is 6.28. The van der Waals surface area contributed by atoms with Gasteiger partial charge in [0.15, 0.2) is 16.9 Å². The van der Waals surface area contributed by atoms with Crippen LogP contribution in [0.3, 0.4) is 0 Å². The lowest BCUT2D eigenvalue weighted by Crippen LogP contribution is -2.48. The van der Waals surface area contributed by atoms with Gasteiger partial charge in [-0.1, -0.05) is 36.4 Å². The van der Waals surface area contributed by atoms with Crippen LogP contribution >= 0.6 is 11.6 Å². The van der Waals surface area contributed by atoms with E-state index in [0.29, 0.717) is 29.4 Å². The van der Waals surface area contributed by atoms with Gasteiger partial charge in [-0.3, -0.25) is 27.4 Å². The minimum absolute atomic E-state index is 0.0249. The molecule has 0 atom stereocenters. The zero-order chi connectivity index (χ0) is 56.4. The Balaban J connectivity index is 0.000000107. The monoisotopic (exact) mass is 1120 g/mol. The molecule has 6 aliphatic rings. The molecule has 0 spiro atoms. The van der Waals surface area contributed by atoms with Crippen molar-refractivity contribution in [1.82, 2.24) is 67.6 Å². The Bertz CT molecular complexity index is 4200. The summed E-state index contributed by atoms with van der Waals surface area (Å²) in [7, 11) is 0. The second-order valence-corrected chi connectivity index (χ2v) is 23.9. The summed E-state index contributed by atoms with van der Waals surface area (Å²) >= 11 is 5.60. The van der Waals surface area contributed by atoms with Crippen LogP contribution in [-0.2, 0) is 4.74 Å². The largest absolute Gasteiger partial charge is 0.444 e. The molecule has 4 N–H and O–H groups in total. The van der Waals surface area contributed by atoms with Crippen LogP contribution in [0.4, 0.5) is 10.7 Å². The van der Waals surface area contributed by atoms with Crippen molar-refractivity contribution < 1.29 is 9.53 Å². The van der Waals surface area contributed by atoms with E-state index in [0.717, 1.165) is 132 Å². The number of pyridine rings is 3. The number of hydrogen-bond donors (Lipinski definition) is 3. The number of aromatic nitrogens is 13. The van der Waals surface area contributed by atoms with Gasteiger partial charge in [-0.15, -0.1) is 0 Å². The van der Waals surface area contributed by atoms with Crippen molar-refractivity contribution in [3.05, 3.63) is 153 Å². The molecule has 82 heavy (non-hydrogen) atoms. The topological polar surface area (TPSA) is 247 Å². The van der Waals surface area contributed by atoms with Crippen molar-refractivity contribution in [2.75, 3.05) is 5.32 Å². The first kappa shape index (κ1) is 53.0. The Kier molecular flexibility index (Phi) is 13.9. The molecule has 16 rings (SSSR count). The summed E-state index contributed by atoms with van der Waals surface area (Å²) in [5, 5.41) is 8.63. The van der Waals surface area contributed by atoms with Gasteiger partial charge in [0.1, 0.15) is 5.60 Å². The molecule has 8 heterocycles. The fourth-order valence-corrected chi connectivity index (χ4v) is 11.7. The molecule has 0 unspecified atom stereocenters. The van der Waals surface area contributed by atoms with Crippen molar-refractivity contribution in [2.45, 2.75) is 158 Å². The molecule has 422 valence electrons. The molecule has 6 aliphatic carbocycles. The van der Waals surface area contributed by atoms with E-state index in [2.05, 4.69) is 45.5 Å². The highest BCUT2D eigenvalue weighted by Crippen LogP contribution is 2.42. The van der Waals surface area contributed by atoms with E-state index in [4.69, 9.17) is 22.1 Å². The fraction of sp³-hybridized carbons (Fsp3) is 0.417. The second kappa shape index (κ2) is 21.5. The first-order valence-electron chi connectivity index (χ1n) is 28.6. The van der Waals surface area contributed by atoms with Crippen LogP contribution in [0.5, 0.6) is 0 Å². The second-order valence-electron chi connectivity index (χ2n) is 23.6. The molecule has 1 amide bonds. The summed E-state index contributed by atoms with van der Waals surface area (Å²) in [5.74, 6) is 0.646. The summed E-state index contributed by atoms with van der Waals surface area (Å²) in [6.45, 7) is 5.52. The molecular formula is C60H65ClN16O5. The molecule has 0 bridgehead atoms. The van der Waals surface area contributed by atoms with Gasteiger partial charge in [0.2, 0.25) is 11.2 Å². The molecule has 22 heteroatoms. The molecule has 2 aromatic carbocycles. The summed E-state index contributed by atoms with van der Waals surface area (Å²) in [4.78, 5) is 80.6. The molecule has 0 radical (unpaired) electrons. The average Bonchev–Trinajstić information content (AvgIpc) is 2.86. The van der Waals surface area contributed by atoms with Crippen LogP contribution in [0, 0.1) is 0 Å². The van der Waals surface area contributed by atoms with Crippen molar-refractivity contribution in [3.63, 3.8) is 0 Å². The number of rotatable bonds is 9. The molecular weight excluding hydrogens is 1060 g/mol. The van der Waals surface area contributed by atoms with Crippen molar-refractivity contribution in [3.8, 4) is 0 Å². The Morgan fingerprint density at radius 3 is 1.38 bits per heavy atom. The van der Waals surface area contributed by atoms with Crippen LogP contribution in [0.15, 0.2) is 130 Å². The van der Waals surface area contributed by atoms with Gasteiger partial charge in [0.05, 0.1) is 27.6 Å². The van der Waals surface area contributed by atoms with Gasteiger partial charge < -0.3 is 21.1 Å². The number of benzene rings is 2. The fourth-order valence-electron chi connectivity index (χ4n) is 11.6. The zero-order valence-corrected chi connectivity index (χ0v) is 46.7. The van der Waals surface area contributed by atoms with E-state index in [9.17, 15) is 19.2 Å². The maximum Gasteiger partial charge on any atom is 0.407 e. The van der Waals surface area contributed by atoms with Gasteiger partial charge >= 0.3 is 23.2 Å². The van der Waals surface area contributed by atoms with Crippen molar-refractivity contribution >= 4 is 78.9 Å². The van der Waals surface area contributed by atoms with Crippen LogP contribution in [0.2, 0.25) is 5.28 Å². The van der Waals surface area contributed by atoms with Gasteiger partial charge in [-0.05, 0) is 158 Å². The highest BCUT2D eigenvalue weighted by atomic mass is 35.5. The van der Waals surface area contributed by atoms with E-state index >= 15 is 0 Å². The van der Waals surface area contributed by atoms with Gasteiger partial charge in [0.25, 0.3) is 0 Å². The number of carbonyl (C=O) groups is 1. The number of nitrogens with two attached hydrogens (primary N) is 1. The lowest BCUT2D eigenvalue weighted by molar-refractivity contribution is 0.0456. The van der Waals surface area contributed by atoms with Crippen LogP contribution < -0.4 is 33.4 Å². The number of ether oxygens (including phenoxy) is 1. The summed E-state index contributed by atoms with van der Waals surface area (Å²) in [5.41, 5.74) is 12.6. The maximum absolute atomic E-state index is 13.1. The molecule has 21 nitrogen and oxygen atoms in total. The molecule has 10 aromatic rings. The highest BCUT2D eigenvalue weighted by Gasteiger charge is 2.40. The third-order valence-electron chi connectivity index (χ3n) is 16.2. The van der Waals surface area contributed by atoms with Crippen molar-refractivity contribution in [2.24, 2.45) is 5.73 Å². The third-order valence-corrected chi connectivity index (χ3v) is 16.4. The number of fused-ring (bicyclic) bond motifs is 5. The Morgan fingerprint density at radius 1 is 0.524 bits per heavy atom. The lowest BCUT2D eigenvalue weighted by Gasteiger charge is -2.36. The Hall–Kier alpha value is -8.30. The van der Waals surface area contributed by atoms with E-state index in [-0.39, 0.29) is 53.3 Å². The van der Waals surface area contributed by atoms with Crippen LogP contribution in [0.25, 0.3) is 55.3 Å². The number of imidazole rings is 3. The quantitative estimate of drug-likeness (QED) is 0.114. The standard InChI is InChI=1S/C21H20N6O.C18H24N4O3.C13H16N4O.C8H5ClN2/c28-21-26(15-7-8-15)18-6-3-9-22-19(18)27(21)16-10-14(11-16)24-20-23-12-13-4-1-2-5-17(13)25-20;1-18(2,3)25-16(23)20-11-9-13(10-11)22-15-14(5-4-8-19-15)21(17(22)24)12-6-7-12;14-8-6-10(7-8)17-12-11(2-1-5-15-12)16(13(17)18)9-3-4-9;9-8-10-5-6-3-1-2-4-7(6)11-8/h1-6,9,12,14-16H,7-8,10-11H2,(H,23,24,25);4-5,8,11-13H,6-7,9-10H2,1-3H3,(H,20,23);1-2,5,8-10H,3-4,6-7,14H2;1-5H. The number of alkyl carbamates (subject to hydrolysis) is 1. The zero-order valence-electron chi connectivity index (χ0n) is 46.0. The third kappa shape index (κ3) is 10.7. The van der Waals surface area contributed by atoms with Crippen LogP contribution in [-0.4, -0.2) is 92.1 Å². The van der Waals surface area contributed by atoms with Gasteiger partial charge in [-0.25, -0.2) is 54.1 Å². The predicted molar refractivity (Wildman–Crippen MR) is 314 cm³/mol. The number of amides is 1. The first-order chi connectivity index (χ1) is 39.7. The molecule has 0 aliphatic heterocycles. The number of carbonyl (C=O) groups excluding carboxylic acids is 1. The Labute approximate surface area is 475 Å². The number of anilines is 1. The smallest absolute Gasteiger partial charge is 0.407 e. The van der Waals surface area contributed by atoms with Gasteiger partial charge in [0, 0.05) is 96.1 Å². The van der Waals surface area contributed by atoms with E-state index < -0.39 is 11.7 Å². The Morgan fingerprint density at radius 2 is 0.939 bits per heavy atom. The molecule has 6 fully saturated rings. The van der Waals surface area contributed by atoms with Crippen molar-refractivity contribution in [1.29, 1.82) is 0 Å². The number of halogens is 1. The molecule has 8 aromatic heterocycles. The molecule has 6 saturated carbocycles. The summed E-state index contributed by atoms with van der Waals surface area (Å²) < 4.78 is 16.6. The predicted octanol–water partition coefficient (Wildman–Crippen LogP) is 9.53. The molecule has 0 saturated heterocycles.